The van der Waals surface area contributed by atoms with E-state index in [9.17, 15) is 0 Å². The molecular weight excluding hydrogens is 132 g/mol. The maximum Gasteiger partial charge on any atom is 0.0202 e. The van der Waals surface area contributed by atoms with Crippen molar-refractivity contribution in [1.29, 1.82) is 0 Å². The Hall–Kier alpha value is -1.04. The molecule has 0 N–H and O–H groups in total. The first-order valence-electron chi connectivity index (χ1n) is 4.18. The molecule has 0 saturated heterocycles. The number of hydrogen-bond acceptors (Lipinski definition) is 0. The van der Waals surface area contributed by atoms with Gasteiger partial charge in [-0.05, 0) is 17.5 Å². The monoisotopic (exact) mass is 144 g/mol. The highest BCUT2D eigenvalue weighted by atomic mass is 14.2. The lowest BCUT2D eigenvalue weighted by Gasteiger charge is -2.04. The van der Waals surface area contributed by atoms with Crippen LogP contribution in [0, 0.1) is 0 Å². The van der Waals surface area contributed by atoms with E-state index in [0.29, 0.717) is 5.92 Å². The zero-order chi connectivity index (χ0) is 7.68. The van der Waals surface area contributed by atoms with E-state index < -0.39 is 0 Å². The Balaban J connectivity index is 2.35. The summed E-state index contributed by atoms with van der Waals surface area (Å²) in [5.74, 6) is 0.658. The topological polar surface area (TPSA) is 0 Å². The summed E-state index contributed by atoms with van der Waals surface area (Å²) in [6.07, 6.45) is 5.64. The molecule has 56 valence electrons. The molecule has 0 heteroatoms. The third-order valence-electron chi connectivity index (χ3n) is 2.18. The molecule has 0 aliphatic heterocycles. The standard InChI is InChI=1S/C11H12/c1-2-9-5-3-4-6-11(9)10-7-8-10/h3-8,10H,2H2,1H3. The fourth-order valence-electron chi connectivity index (χ4n) is 1.44. The Kier molecular flexibility index (Phi) is 1.54. The van der Waals surface area contributed by atoms with Gasteiger partial charge in [0.05, 0.1) is 0 Å². The predicted molar refractivity (Wildman–Crippen MR) is 47.7 cm³/mol. The summed E-state index contributed by atoms with van der Waals surface area (Å²) in [6, 6.07) is 8.68. The molecule has 1 aliphatic rings. The average molecular weight is 144 g/mol. The molecule has 0 atom stereocenters. The minimum Gasteiger partial charge on any atom is -0.0763 e. The van der Waals surface area contributed by atoms with Gasteiger partial charge >= 0.3 is 0 Å². The highest BCUT2D eigenvalue weighted by Crippen LogP contribution is 2.31. The van der Waals surface area contributed by atoms with Crippen LogP contribution in [0.3, 0.4) is 0 Å². The fourth-order valence-corrected chi connectivity index (χ4v) is 1.44. The molecule has 0 nitrogen and oxygen atoms in total. The van der Waals surface area contributed by atoms with Crippen molar-refractivity contribution in [3.8, 4) is 0 Å². The van der Waals surface area contributed by atoms with Crippen molar-refractivity contribution in [2.24, 2.45) is 0 Å². The second-order valence-electron chi connectivity index (χ2n) is 2.96. The number of aryl methyl sites for hydroxylation is 1. The summed E-state index contributed by atoms with van der Waals surface area (Å²) >= 11 is 0. The van der Waals surface area contributed by atoms with E-state index in [1.807, 2.05) is 0 Å². The van der Waals surface area contributed by atoms with Crippen LogP contribution in [-0.4, -0.2) is 0 Å². The highest BCUT2D eigenvalue weighted by molar-refractivity contribution is 5.42. The lowest BCUT2D eigenvalue weighted by atomic mass is 10.0. The van der Waals surface area contributed by atoms with Crippen LogP contribution >= 0.6 is 0 Å². The van der Waals surface area contributed by atoms with Crippen LogP contribution in [0.4, 0.5) is 0 Å². The van der Waals surface area contributed by atoms with Gasteiger partial charge in [0.15, 0.2) is 0 Å². The zero-order valence-corrected chi connectivity index (χ0v) is 6.75. The van der Waals surface area contributed by atoms with Crippen LogP contribution in [0.15, 0.2) is 36.4 Å². The smallest absolute Gasteiger partial charge is 0.0202 e. The van der Waals surface area contributed by atoms with Crippen molar-refractivity contribution >= 4 is 0 Å². The molecular formula is C11H12. The van der Waals surface area contributed by atoms with E-state index in [1.165, 1.54) is 11.1 Å². The van der Waals surface area contributed by atoms with Gasteiger partial charge in [-0.1, -0.05) is 43.3 Å². The molecule has 0 fully saturated rings. The molecule has 0 aromatic heterocycles. The molecule has 1 aromatic carbocycles. The molecule has 0 amide bonds. The van der Waals surface area contributed by atoms with Gasteiger partial charge < -0.3 is 0 Å². The van der Waals surface area contributed by atoms with Gasteiger partial charge in [0, 0.05) is 5.92 Å². The van der Waals surface area contributed by atoms with Crippen molar-refractivity contribution in [3.63, 3.8) is 0 Å². The Morgan fingerprint density at radius 1 is 1.18 bits per heavy atom. The first kappa shape index (κ1) is 6.66. The second-order valence-corrected chi connectivity index (χ2v) is 2.96. The van der Waals surface area contributed by atoms with Crippen LogP contribution in [0.5, 0.6) is 0 Å². The maximum absolute atomic E-state index is 2.24. The van der Waals surface area contributed by atoms with Crippen molar-refractivity contribution in [1.82, 2.24) is 0 Å². The molecule has 2 rings (SSSR count). The van der Waals surface area contributed by atoms with E-state index in [-0.39, 0.29) is 0 Å². The molecule has 0 bridgehead atoms. The predicted octanol–water partition coefficient (Wildman–Crippen LogP) is 2.90. The van der Waals surface area contributed by atoms with Crippen LogP contribution in [0.1, 0.15) is 24.0 Å². The van der Waals surface area contributed by atoms with Gasteiger partial charge in [0.2, 0.25) is 0 Å². The summed E-state index contributed by atoms with van der Waals surface area (Å²) < 4.78 is 0. The number of hydrogen-bond donors (Lipinski definition) is 0. The molecule has 1 aliphatic carbocycles. The normalized spacial score (nSPS) is 15.4. The van der Waals surface area contributed by atoms with Gasteiger partial charge in [-0.25, -0.2) is 0 Å². The second kappa shape index (κ2) is 2.54. The minimum absolute atomic E-state index is 0.658. The Bertz CT molecular complexity index is 278. The fraction of sp³-hybridized carbons (Fsp3) is 0.273. The van der Waals surface area contributed by atoms with Gasteiger partial charge in [-0.3, -0.25) is 0 Å². The third kappa shape index (κ3) is 1.21. The first-order chi connectivity index (χ1) is 5.42. The number of rotatable bonds is 2. The highest BCUT2D eigenvalue weighted by Gasteiger charge is 2.15. The SMILES string of the molecule is CCc1ccccc1C1C=C1. The number of allylic oxidation sites excluding steroid dienone is 2. The lowest BCUT2D eigenvalue weighted by molar-refractivity contribution is 1.07. The van der Waals surface area contributed by atoms with Crippen LogP contribution in [0.25, 0.3) is 0 Å². The van der Waals surface area contributed by atoms with E-state index in [0.717, 1.165) is 6.42 Å². The zero-order valence-electron chi connectivity index (χ0n) is 6.75. The quantitative estimate of drug-likeness (QED) is 0.560. The van der Waals surface area contributed by atoms with Gasteiger partial charge in [-0.15, -0.1) is 0 Å². The summed E-state index contributed by atoms with van der Waals surface area (Å²) in [5.41, 5.74) is 2.98. The molecule has 0 radical (unpaired) electrons. The van der Waals surface area contributed by atoms with E-state index in [4.69, 9.17) is 0 Å². The number of benzene rings is 1. The maximum atomic E-state index is 2.24. The van der Waals surface area contributed by atoms with Crippen LogP contribution in [0.2, 0.25) is 0 Å². The van der Waals surface area contributed by atoms with E-state index >= 15 is 0 Å². The molecule has 0 spiro atoms. The Labute approximate surface area is 67.6 Å². The van der Waals surface area contributed by atoms with Crippen molar-refractivity contribution in [2.45, 2.75) is 19.3 Å². The minimum atomic E-state index is 0.658. The third-order valence-corrected chi connectivity index (χ3v) is 2.18. The molecule has 0 heterocycles. The first-order valence-corrected chi connectivity index (χ1v) is 4.18. The molecule has 1 aromatic rings. The Morgan fingerprint density at radius 2 is 1.91 bits per heavy atom. The lowest BCUT2D eigenvalue weighted by Crippen LogP contribution is -1.89. The van der Waals surface area contributed by atoms with E-state index in [1.54, 1.807) is 0 Å². The van der Waals surface area contributed by atoms with Crippen molar-refractivity contribution in [3.05, 3.63) is 47.5 Å². The largest absolute Gasteiger partial charge is 0.0763 e. The molecule has 11 heavy (non-hydrogen) atoms. The van der Waals surface area contributed by atoms with Crippen LogP contribution in [-0.2, 0) is 6.42 Å². The van der Waals surface area contributed by atoms with Crippen LogP contribution < -0.4 is 0 Å². The Morgan fingerprint density at radius 3 is 2.55 bits per heavy atom. The summed E-state index contributed by atoms with van der Waals surface area (Å²) in [5, 5.41) is 0. The molecule has 0 unspecified atom stereocenters. The summed E-state index contributed by atoms with van der Waals surface area (Å²) in [6.45, 7) is 2.21. The van der Waals surface area contributed by atoms with Gasteiger partial charge in [-0.2, -0.15) is 0 Å². The summed E-state index contributed by atoms with van der Waals surface area (Å²) in [4.78, 5) is 0. The van der Waals surface area contributed by atoms with E-state index in [2.05, 4.69) is 43.3 Å². The van der Waals surface area contributed by atoms with Gasteiger partial charge in [0.25, 0.3) is 0 Å². The average Bonchev–Trinajstić information content (AvgIpc) is 2.87. The van der Waals surface area contributed by atoms with Crippen molar-refractivity contribution < 1.29 is 0 Å². The summed E-state index contributed by atoms with van der Waals surface area (Å²) in [7, 11) is 0. The van der Waals surface area contributed by atoms with Crippen molar-refractivity contribution in [2.75, 3.05) is 0 Å². The molecule has 0 saturated carbocycles. The van der Waals surface area contributed by atoms with Gasteiger partial charge in [0.1, 0.15) is 0 Å².